The van der Waals surface area contributed by atoms with Gasteiger partial charge in [0, 0.05) is 55.8 Å². The van der Waals surface area contributed by atoms with Gasteiger partial charge in [-0.1, -0.05) is 36.4 Å². The van der Waals surface area contributed by atoms with Gasteiger partial charge < -0.3 is 24.3 Å². The van der Waals surface area contributed by atoms with Crippen LogP contribution in [0.3, 0.4) is 0 Å². The lowest BCUT2D eigenvalue weighted by atomic mass is 9.95. The number of hydrogen-bond acceptors (Lipinski definition) is 7. The fourth-order valence-electron chi connectivity index (χ4n) is 7.85. The Morgan fingerprint density at radius 1 is 1.15 bits per heavy atom. The minimum Gasteiger partial charge on any atom is -0.461 e. The van der Waals surface area contributed by atoms with Crippen molar-refractivity contribution in [3.8, 4) is 6.01 Å². The third-order valence-corrected chi connectivity index (χ3v) is 10.5. The number of alkyl halides is 1. The van der Waals surface area contributed by atoms with E-state index in [1.807, 2.05) is 23.1 Å². The van der Waals surface area contributed by atoms with Crippen LogP contribution in [0, 0.1) is 12.4 Å². The van der Waals surface area contributed by atoms with Gasteiger partial charge >= 0.3 is 6.01 Å². The highest BCUT2D eigenvalue weighted by Crippen LogP contribution is 2.41. The predicted molar refractivity (Wildman–Crippen MR) is 174 cm³/mol. The zero-order valence-corrected chi connectivity index (χ0v) is 26.7. The van der Waals surface area contributed by atoms with Crippen LogP contribution in [0.4, 0.5) is 24.7 Å². The van der Waals surface area contributed by atoms with Crippen LogP contribution in [-0.4, -0.2) is 95.8 Å². The molecular formula is C34H35ClF3N7O2. The quantitative estimate of drug-likeness (QED) is 0.249. The van der Waals surface area contributed by atoms with Crippen molar-refractivity contribution in [1.82, 2.24) is 19.8 Å². The summed E-state index contributed by atoms with van der Waals surface area (Å²) in [4.78, 5) is 33.5. The summed E-state index contributed by atoms with van der Waals surface area (Å²) in [5.41, 5.74) is 2.04. The van der Waals surface area contributed by atoms with Crippen LogP contribution < -0.4 is 14.5 Å². The number of halogens is 4. The second-order valence-corrected chi connectivity index (χ2v) is 13.2. The lowest BCUT2D eigenvalue weighted by Crippen LogP contribution is -2.57. The van der Waals surface area contributed by atoms with Crippen LogP contribution in [-0.2, 0) is 17.8 Å². The Hall–Kier alpha value is -4.08. The molecule has 0 bridgehead atoms. The maximum atomic E-state index is 14.6. The molecule has 0 radical (unpaired) electrons. The lowest BCUT2D eigenvalue weighted by molar-refractivity contribution is -0.131. The molecule has 1 aromatic heterocycles. The van der Waals surface area contributed by atoms with Gasteiger partial charge in [-0.05, 0) is 43.3 Å². The summed E-state index contributed by atoms with van der Waals surface area (Å²) in [5, 5.41) is 1.51. The fourth-order valence-corrected chi connectivity index (χ4v) is 8.12. The van der Waals surface area contributed by atoms with Crippen LogP contribution >= 0.6 is 11.6 Å². The third-order valence-electron chi connectivity index (χ3n) is 10.1. The second kappa shape index (κ2) is 12.5. The number of aromatic nitrogens is 2. The minimum atomic E-state index is -1.06. The van der Waals surface area contributed by atoms with E-state index >= 15 is 0 Å². The molecule has 13 heteroatoms. The molecule has 3 atom stereocenters. The van der Waals surface area contributed by atoms with E-state index in [1.165, 1.54) is 11.0 Å². The number of benzene rings is 2. The molecule has 0 saturated carbocycles. The van der Waals surface area contributed by atoms with Gasteiger partial charge in [-0.25, -0.2) is 19.7 Å². The molecule has 2 aromatic carbocycles. The highest BCUT2D eigenvalue weighted by Gasteiger charge is 2.49. The zero-order chi connectivity index (χ0) is 32.9. The molecule has 3 aromatic rings. The van der Waals surface area contributed by atoms with E-state index in [1.54, 1.807) is 6.07 Å². The number of fused-ring (bicyclic) bond motifs is 3. The molecule has 1 amide bonds. The van der Waals surface area contributed by atoms with Crippen LogP contribution in [0.1, 0.15) is 30.5 Å². The van der Waals surface area contributed by atoms with Crippen molar-refractivity contribution >= 4 is 39.8 Å². The van der Waals surface area contributed by atoms with E-state index in [4.69, 9.17) is 32.9 Å². The Labute approximate surface area is 276 Å². The molecule has 4 aliphatic rings. The molecular weight excluding hydrogens is 631 g/mol. The van der Waals surface area contributed by atoms with Crippen LogP contribution in [0.2, 0.25) is 5.02 Å². The molecule has 4 aliphatic heterocycles. The topological polar surface area (TPSA) is 69.4 Å². The molecule has 47 heavy (non-hydrogen) atoms. The maximum Gasteiger partial charge on any atom is 0.318 e. The summed E-state index contributed by atoms with van der Waals surface area (Å²) < 4.78 is 49.3. The zero-order valence-electron chi connectivity index (χ0n) is 25.9. The van der Waals surface area contributed by atoms with E-state index in [2.05, 4.69) is 21.2 Å². The molecule has 7 rings (SSSR count). The largest absolute Gasteiger partial charge is 0.461 e. The number of carbonyl (C=O) groups excluding carboxylic acids is 1. The van der Waals surface area contributed by atoms with Crippen molar-refractivity contribution in [3.63, 3.8) is 0 Å². The van der Waals surface area contributed by atoms with E-state index in [0.29, 0.717) is 50.2 Å². The van der Waals surface area contributed by atoms with Crippen molar-refractivity contribution in [2.45, 2.75) is 50.0 Å². The molecule has 246 valence electrons. The average Bonchev–Trinajstić information content (AvgIpc) is 3.60. The van der Waals surface area contributed by atoms with Crippen molar-refractivity contribution in [2.24, 2.45) is 0 Å². The number of nitrogens with zero attached hydrogens (tertiary/aromatic N) is 7. The Bertz CT molecular complexity index is 1790. The van der Waals surface area contributed by atoms with Crippen LogP contribution in [0.5, 0.6) is 6.01 Å². The first kappa shape index (κ1) is 31.5. The summed E-state index contributed by atoms with van der Waals surface area (Å²) >= 11 is 6.49. The first-order valence-electron chi connectivity index (χ1n) is 15.9. The monoisotopic (exact) mass is 665 g/mol. The number of anilines is 2. The van der Waals surface area contributed by atoms with E-state index < -0.39 is 35.3 Å². The highest BCUT2D eigenvalue weighted by molar-refractivity contribution is 6.36. The Morgan fingerprint density at radius 2 is 2.00 bits per heavy atom. The predicted octanol–water partition coefficient (Wildman–Crippen LogP) is 5.36. The molecule has 3 fully saturated rings. The Kier molecular flexibility index (Phi) is 8.39. The van der Waals surface area contributed by atoms with E-state index in [0.717, 1.165) is 41.7 Å². The highest BCUT2D eigenvalue weighted by atomic mass is 35.5. The smallest absolute Gasteiger partial charge is 0.318 e. The molecule has 5 heterocycles. The summed E-state index contributed by atoms with van der Waals surface area (Å²) in [6.07, 6.45) is 1.88. The average molecular weight is 666 g/mol. The van der Waals surface area contributed by atoms with Crippen molar-refractivity contribution in [2.75, 3.05) is 62.2 Å². The third kappa shape index (κ3) is 5.74. The number of rotatable bonds is 7. The minimum absolute atomic E-state index is 0.00107. The Morgan fingerprint density at radius 3 is 2.81 bits per heavy atom. The number of ether oxygens (including phenoxy) is 1. The molecule has 0 spiro atoms. The van der Waals surface area contributed by atoms with Crippen molar-refractivity contribution < 1.29 is 22.7 Å². The van der Waals surface area contributed by atoms with Crippen molar-refractivity contribution in [3.05, 3.63) is 76.3 Å². The van der Waals surface area contributed by atoms with Crippen molar-refractivity contribution in [1.29, 1.82) is 0 Å². The van der Waals surface area contributed by atoms with Crippen LogP contribution in [0.15, 0.2) is 42.7 Å². The van der Waals surface area contributed by atoms with E-state index in [-0.39, 0.29) is 37.3 Å². The normalized spacial score (nSPS) is 24.3. The molecule has 3 saturated heterocycles. The van der Waals surface area contributed by atoms with Gasteiger partial charge in [0.1, 0.15) is 30.5 Å². The number of piperazine rings is 1. The number of amides is 1. The maximum absolute atomic E-state index is 14.6. The summed E-state index contributed by atoms with van der Waals surface area (Å²) in [6, 6.07) is 8.41. The standard InChI is InChI=1S/C34H35ClF3N7O2/c1-21(36)32(46)45-14-13-43(18-24(45)16-39-2)31-25-9-12-42(28-6-3-5-22-7-8-26(38)30(35)29(22)28)19-27(25)40-33(41-31)47-20-34-10-4-11-44(34)17-23(37)15-34/h3,5-8,23-24H,1,4,9-20H2/t23-,24+,34?/m1/s1. The summed E-state index contributed by atoms with van der Waals surface area (Å²) in [7, 11) is 0. The summed E-state index contributed by atoms with van der Waals surface area (Å²) in [5.74, 6) is -1.71. The molecule has 9 nitrogen and oxygen atoms in total. The lowest BCUT2D eigenvalue weighted by Gasteiger charge is -2.41. The fraction of sp³-hybridized carbons (Fsp3) is 0.471. The Balaban J connectivity index is 1.24. The second-order valence-electron chi connectivity index (χ2n) is 12.9. The van der Waals surface area contributed by atoms with E-state index in [9.17, 15) is 18.0 Å². The number of carbonyl (C=O) groups is 1. The van der Waals surface area contributed by atoms with Gasteiger partial charge in [0.25, 0.3) is 5.91 Å². The molecule has 1 unspecified atom stereocenters. The first-order chi connectivity index (χ1) is 22.7. The van der Waals surface area contributed by atoms with Crippen LogP contribution in [0.25, 0.3) is 15.6 Å². The molecule has 0 N–H and O–H groups in total. The van der Waals surface area contributed by atoms with Gasteiger partial charge in [-0.15, -0.1) is 0 Å². The SMILES string of the molecule is [C-]#[N+]C[C@H]1CN(c2nc(OCC34CCCN3C[C@H](F)C4)nc3c2CCN(c2cccc4ccc(F)c(Cl)c24)C3)CCN1C(=O)C(=C)F. The van der Waals surface area contributed by atoms with Gasteiger partial charge in [0.2, 0.25) is 6.54 Å². The van der Waals surface area contributed by atoms with Gasteiger partial charge in [-0.2, -0.15) is 9.97 Å². The molecule has 0 aliphatic carbocycles. The van der Waals surface area contributed by atoms with Gasteiger partial charge in [0.05, 0.1) is 22.8 Å². The summed E-state index contributed by atoms with van der Waals surface area (Å²) in [6.45, 7) is 13.9. The number of hydrogen-bond donors (Lipinski definition) is 0. The van der Waals surface area contributed by atoms with Gasteiger partial charge in [-0.3, -0.25) is 9.69 Å². The van der Waals surface area contributed by atoms with Gasteiger partial charge in [0.15, 0.2) is 5.83 Å². The first-order valence-corrected chi connectivity index (χ1v) is 16.3.